The highest BCUT2D eigenvalue weighted by Crippen LogP contribution is 2.29. The molecule has 0 radical (unpaired) electrons. The van der Waals surface area contributed by atoms with Gasteiger partial charge in [-0.2, -0.15) is 5.10 Å². The number of carbonyl (C=O) groups excluding carboxylic acids is 2. The summed E-state index contributed by atoms with van der Waals surface area (Å²) >= 11 is 0. The van der Waals surface area contributed by atoms with Crippen molar-refractivity contribution in [1.82, 2.24) is 9.78 Å². The van der Waals surface area contributed by atoms with E-state index in [0.29, 0.717) is 29.0 Å². The predicted molar refractivity (Wildman–Crippen MR) is 82.2 cm³/mol. The van der Waals surface area contributed by atoms with Gasteiger partial charge in [-0.3, -0.25) is 9.59 Å². The second kappa shape index (κ2) is 5.78. The topological polar surface area (TPSA) is 90.0 Å². The molecule has 1 aromatic heterocycles. The first kappa shape index (κ1) is 14.8. The van der Waals surface area contributed by atoms with E-state index in [4.69, 9.17) is 5.73 Å². The summed E-state index contributed by atoms with van der Waals surface area (Å²) in [6, 6.07) is 7.20. The molecule has 0 atom stereocenters. The lowest BCUT2D eigenvalue weighted by molar-refractivity contribution is -0.114. The van der Waals surface area contributed by atoms with E-state index < -0.39 is 0 Å². The molecule has 0 unspecified atom stereocenters. The molecule has 2 rings (SSSR count). The standard InChI is InChI=1S/C15H18N4O2/c1-9(2)19-15(16)13(8-20)14(18-19)11-5-4-6-12(7-11)17-10(3)21/h4-9H,16H2,1-3H3,(H,17,21). The highest BCUT2D eigenvalue weighted by molar-refractivity contribution is 5.93. The van der Waals surface area contributed by atoms with Crippen molar-refractivity contribution in [3.8, 4) is 11.3 Å². The molecule has 1 aromatic carbocycles. The zero-order valence-electron chi connectivity index (χ0n) is 12.3. The quantitative estimate of drug-likeness (QED) is 0.845. The molecule has 0 spiro atoms. The molecule has 21 heavy (non-hydrogen) atoms. The molecule has 1 amide bonds. The van der Waals surface area contributed by atoms with E-state index in [9.17, 15) is 9.59 Å². The van der Waals surface area contributed by atoms with Gasteiger partial charge in [-0.25, -0.2) is 4.68 Å². The molecular weight excluding hydrogens is 268 g/mol. The summed E-state index contributed by atoms with van der Waals surface area (Å²) in [7, 11) is 0. The molecule has 1 heterocycles. The maximum absolute atomic E-state index is 11.3. The van der Waals surface area contributed by atoms with Crippen LogP contribution in [0, 0.1) is 0 Å². The molecule has 6 nitrogen and oxygen atoms in total. The summed E-state index contributed by atoms with van der Waals surface area (Å²) in [4.78, 5) is 22.4. The van der Waals surface area contributed by atoms with Crippen LogP contribution in [0.15, 0.2) is 24.3 Å². The van der Waals surface area contributed by atoms with Crippen molar-refractivity contribution in [2.24, 2.45) is 0 Å². The Morgan fingerprint density at radius 1 is 1.43 bits per heavy atom. The van der Waals surface area contributed by atoms with Gasteiger partial charge in [0.15, 0.2) is 6.29 Å². The lowest BCUT2D eigenvalue weighted by atomic mass is 10.1. The Hall–Kier alpha value is -2.63. The first-order chi connectivity index (χ1) is 9.93. The van der Waals surface area contributed by atoms with Crippen molar-refractivity contribution < 1.29 is 9.59 Å². The van der Waals surface area contributed by atoms with Crippen molar-refractivity contribution in [2.75, 3.05) is 11.1 Å². The summed E-state index contributed by atoms with van der Waals surface area (Å²) in [6.45, 7) is 5.32. The first-order valence-corrected chi connectivity index (χ1v) is 6.65. The van der Waals surface area contributed by atoms with Crippen molar-refractivity contribution >= 4 is 23.7 Å². The van der Waals surface area contributed by atoms with Gasteiger partial charge < -0.3 is 11.1 Å². The largest absolute Gasteiger partial charge is 0.383 e. The van der Waals surface area contributed by atoms with Crippen LogP contribution < -0.4 is 11.1 Å². The molecule has 6 heteroatoms. The van der Waals surface area contributed by atoms with Gasteiger partial charge in [0.2, 0.25) is 5.91 Å². The van der Waals surface area contributed by atoms with Crippen molar-refractivity contribution in [2.45, 2.75) is 26.8 Å². The molecule has 0 aliphatic rings. The van der Waals surface area contributed by atoms with E-state index in [1.807, 2.05) is 19.9 Å². The zero-order valence-corrected chi connectivity index (χ0v) is 12.3. The van der Waals surface area contributed by atoms with E-state index in [1.165, 1.54) is 6.92 Å². The third kappa shape index (κ3) is 2.94. The molecular formula is C15H18N4O2. The lowest BCUT2D eigenvalue weighted by Gasteiger charge is -2.06. The maximum Gasteiger partial charge on any atom is 0.221 e. The second-order valence-corrected chi connectivity index (χ2v) is 5.07. The van der Waals surface area contributed by atoms with Crippen molar-refractivity contribution in [3.63, 3.8) is 0 Å². The van der Waals surface area contributed by atoms with Gasteiger partial charge in [-0.1, -0.05) is 12.1 Å². The number of nitrogens with two attached hydrogens (primary N) is 1. The fourth-order valence-electron chi connectivity index (χ4n) is 2.13. The number of nitrogens with one attached hydrogen (secondary N) is 1. The van der Waals surface area contributed by atoms with Crippen LogP contribution in [0.25, 0.3) is 11.3 Å². The molecule has 0 fully saturated rings. The molecule has 110 valence electrons. The Balaban J connectivity index is 2.53. The third-order valence-electron chi connectivity index (χ3n) is 3.05. The van der Waals surface area contributed by atoms with Crippen LogP contribution >= 0.6 is 0 Å². The van der Waals surface area contributed by atoms with Gasteiger partial charge in [0.05, 0.1) is 5.56 Å². The normalized spacial score (nSPS) is 10.7. The number of rotatable bonds is 4. The van der Waals surface area contributed by atoms with E-state index >= 15 is 0 Å². The number of aromatic nitrogens is 2. The average Bonchev–Trinajstić information content (AvgIpc) is 2.75. The Morgan fingerprint density at radius 2 is 2.14 bits per heavy atom. The van der Waals surface area contributed by atoms with Crippen LogP contribution in [-0.4, -0.2) is 22.0 Å². The number of benzene rings is 1. The molecule has 0 saturated carbocycles. The van der Waals surface area contributed by atoms with Crippen LogP contribution in [-0.2, 0) is 4.79 Å². The van der Waals surface area contributed by atoms with E-state index in [1.54, 1.807) is 22.9 Å². The summed E-state index contributed by atoms with van der Waals surface area (Å²) in [5.74, 6) is 0.190. The van der Waals surface area contributed by atoms with Gasteiger partial charge in [0.1, 0.15) is 11.5 Å². The molecule has 3 N–H and O–H groups in total. The monoisotopic (exact) mass is 286 g/mol. The summed E-state index contributed by atoms with van der Waals surface area (Å²) in [5, 5.41) is 7.12. The second-order valence-electron chi connectivity index (χ2n) is 5.07. The minimum absolute atomic E-state index is 0.0518. The first-order valence-electron chi connectivity index (χ1n) is 6.65. The Morgan fingerprint density at radius 3 is 2.71 bits per heavy atom. The number of carbonyl (C=O) groups is 2. The number of hydrogen-bond acceptors (Lipinski definition) is 4. The molecule has 0 aliphatic carbocycles. The maximum atomic E-state index is 11.3. The Labute approximate surface area is 122 Å². The van der Waals surface area contributed by atoms with Crippen LogP contribution in [0.1, 0.15) is 37.2 Å². The van der Waals surface area contributed by atoms with Gasteiger partial charge in [-0.15, -0.1) is 0 Å². The highest BCUT2D eigenvalue weighted by Gasteiger charge is 2.18. The smallest absolute Gasteiger partial charge is 0.221 e. The number of amides is 1. The fraction of sp³-hybridized carbons (Fsp3) is 0.267. The van der Waals surface area contributed by atoms with Crippen LogP contribution in [0.4, 0.5) is 11.5 Å². The van der Waals surface area contributed by atoms with Gasteiger partial charge in [-0.05, 0) is 26.0 Å². The minimum Gasteiger partial charge on any atom is -0.383 e. The Kier molecular flexibility index (Phi) is 4.07. The number of hydrogen-bond donors (Lipinski definition) is 2. The Bertz CT molecular complexity index is 689. The lowest BCUT2D eigenvalue weighted by Crippen LogP contribution is -2.07. The predicted octanol–water partition coefficient (Wildman–Crippen LogP) is 2.48. The van der Waals surface area contributed by atoms with Gasteiger partial charge in [0, 0.05) is 24.2 Å². The summed E-state index contributed by atoms with van der Waals surface area (Å²) < 4.78 is 1.62. The van der Waals surface area contributed by atoms with E-state index in [2.05, 4.69) is 10.4 Å². The summed E-state index contributed by atoms with van der Waals surface area (Å²) in [5.41, 5.74) is 8.23. The number of anilines is 2. The van der Waals surface area contributed by atoms with Crippen LogP contribution in [0.2, 0.25) is 0 Å². The van der Waals surface area contributed by atoms with Crippen LogP contribution in [0.3, 0.4) is 0 Å². The van der Waals surface area contributed by atoms with E-state index in [-0.39, 0.29) is 11.9 Å². The van der Waals surface area contributed by atoms with Crippen LogP contribution in [0.5, 0.6) is 0 Å². The third-order valence-corrected chi connectivity index (χ3v) is 3.05. The zero-order chi connectivity index (χ0) is 15.6. The van der Waals surface area contributed by atoms with Crippen molar-refractivity contribution in [1.29, 1.82) is 0 Å². The van der Waals surface area contributed by atoms with E-state index in [0.717, 1.165) is 5.56 Å². The molecule has 0 aliphatic heterocycles. The van der Waals surface area contributed by atoms with Crippen molar-refractivity contribution in [3.05, 3.63) is 29.8 Å². The SMILES string of the molecule is CC(=O)Nc1cccc(-c2nn(C(C)C)c(N)c2C=O)c1. The number of nitrogens with zero attached hydrogens (tertiary/aromatic N) is 2. The number of aldehydes is 1. The highest BCUT2D eigenvalue weighted by atomic mass is 16.1. The summed E-state index contributed by atoms with van der Waals surface area (Å²) in [6.07, 6.45) is 0.710. The number of nitrogen functional groups attached to an aromatic ring is 1. The van der Waals surface area contributed by atoms with Gasteiger partial charge >= 0.3 is 0 Å². The molecule has 0 saturated heterocycles. The average molecular weight is 286 g/mol. The minimum atomic E-state index is -0.157. The van der Waals surface area contributed by atoms with Gasteiger partial charge in [0.25, 0.3) is 0 Å². The molecule has 0 bridgehead atoms. The fourth-order valence-corrected chi connectivity index (χ4v) is 2.13. The molecule has 2 aromatic rings.